The molecule has 1 atom stereocenters. The van der Waals surface area contributed by atoms with Gasteiger partial charge in [0.25, 0.3) is 0 Å². The number of nitrogens with one attached hydrogen (secondary N) is 1. The molecule has 2 aromatic rings. The molecule has 6 nitrogen and oxygen atoms in total. The molecule has 3 N–H and O–H groups in total. The smallest absolute Gasteiger partial charge is 0.343 e. The fourth-order valence-corrected chi connectivity index (χ4v) is 2.25. The molecule has 0 unspecified atom stereocenters. The summed E-state index contributed by atoms with van der Waals surface area (Å²) in [5.74, 6) is -0.188. The number of aryl methyl sites for hydroxylation is 1. The molecule has 1 amide bonds. The van der Waals surface area contributed by atoms with Gasteiger partial charge < -0.3 is 20.5 Å². The Labute approximate surface area is 159 Å². The predicted molar refractivity (Wildman–Crippen MR) is 103 cm³/mol. The van der Waals surface area contributed by atoms with Gasteiger partial charge in [0.05, 0.1) is 13.2 Å². The first-order valence-electron chi connectivity index (χ1n) is 7.90. The number of methoxy groups -OCH3 is 1. The number of halogens is 1. The van der Waals surface area contributed by atoms with E-state index in [2.05, 4.69) is 10.1 Å². The number of carbonyl (C=O) groups is 2. The van der Waals surface area contributed by atoms with Crippen LogP contribution in [0.15, 0.2) is 48.5 Å². The van der Waals surface area contributed by atoms with Crippen LogP contribution in [0, 0.1) is 6.92 Å². The third kappa shape index (κ3) is 6.38. The Bertz CT molecular complexity index is 738. The zero-order valence-corrected chi connectivity index (χ0v) is 15.5. The molecular formula is C19H23ClN2O4. The molecule has 2 rings (SSSR count). The minimum absolute atomic E-state index is 0. The lowest BCUT2D eigenvalue weighted by atomic mass is 10.1. The van der Waals surface area contributed by atoms with Crippen LogP contribution in [0.4, 0.5) is 5.69 Å². The van der Waals surface area contributed by atoms with Gasteiger partial charge in [-0.3, -0.25) is 4.79 Å². The SMILES string of the molecule is COC(=O)COc1ccc(NC(=O)[C@@H](N)Cc2ccccc2)c(C)c1.Cl. The monoisotopic (exact) mass is 378 g/mol. The highest BCUT2D eigenvalue weighted by atomic mass is 35.5. The van der Waals surface area contributed by atoms with E-state index in [1.165, 1.54) is 7.11 Å². The maximum Gasteiger partial charge on any atom is 0.343 e. The Kier molecular flexibility index (Phi) is 8.61. The van der Waals surface area contributed by atoms with Crippen molar-refractivity contribution in [2.75, 3.05) is 19.0 Å². The van der Waals surface area contributed by atoms with Gasteiger partial charge in [0, 0.05) is 5.69 Å². The third-order valence-corrected chi connectivity index (χ3v) is 3.68. The number of rotatable bonds is 7. The molecule has 0 aromatic heterocycles. The first kappa shape index (κ1) is 21.5. The zero-order valence-electron chi connectivity index (χ0n) is 14.7. The van der Waals surface area contributed by atoms with Crippen molar-refractivity contribution in [2.45, 2.75) is 19.4 Å². The van der Waals surface area contributed by atoms with Gasteiger partial charge >= 0.3 is 5.97 Å². The lowest BCUT2D eigenvalue weighted by molar-refractivity contribution is -0.142. The highest BCUT2D eigenvalue weighted by molar-refractivity contribution is 5.95. The molecule has 0 saturated carbocycles. The Balaban J connectivity index is 0.00000338. The van der Waals surface area contributed by atoms with Gasteiger partial charge in [-0.05, 0) is 42.7 Å². The number of anilines is 1. The summed E-state index contributed by atoms with van der Waals surface area (Å²) in [7, 11) is 1.30. The summed E-state index contributed by atoms with van der Waals surface area (Å²) < 4.78 is 9.83. The summed E-state index contributed by atoms with van der Waals surface area (Å²) in [4.78, 5) is 23.4. The Morgan fingerprint density at radius 2 is 1.85 bits per heavy atom. The average molecular weight is 379 g/mol. The largest absolute Gasteiger partial charge is 0.482 e. The quantitative estimate of drug-likeness (QED) is 0.722. The van der Waals surface area contributed by atoms with Gasteiger partial charge in [-0.25, -0.2) is 4.79 Å². The van der Waals surface area contributed by atoms with Crippen LogP contribution in [0.3, 0.4) is 0 Å². The van der Waals surface area contributed by atoms with E-state index >= 15 is 0 Å². The number of amides is 1. The zero-order chi connectivity index (χ0) is 18.2. The van der Waals surface area contributed by atoms with E-state index in [0.29, 0.717) is 17.9 Å². The van der Waals surface area contributed by atoms with Crippen molar-refractivity contribution in [1.29, 1.82) is 0 Å². The van der Waals surface area contributed by atoms with Crippen LogP contribution in [0.2, 0.25) is 0 Å². The van der Waals surface area contributed by atoms with Crippen LogP contribution in [-0.4, -0.2) is 31.6 Å². The minimum atomic E-state index is -0.642. The highest BCUT2D eigenvalue weighted by Crippen LogP contribution is 2.21. The average Bonchev–Trinajstić information content (AvgIpc) is 2.62. The van der Waals surface area contributed by atoms with Gasteiger partial charge in [0.15, 0.2) is 6.61 Å². The highest BCUT2D eigenvalue weighted by Gasteiger charge is 2.15. The van der Waals surface area contributed by atoms with Crippen LogP contribution < -0.4 is 15.8 Å². The second-order valence-electron chi connectivity index (χ2n) is 5.63. The van der Waals surface area contributed by atoms with Gasteiger partial charge in [-0.15, -0.1) is 12.4 Å². The molecule has 0 aliphatic heterocycles. The number of ether oxygens (including phenoxy) is 2. The topological polar surface area (TPSA) is 90.6 Å². The number of carbonyl (C=O) groups excluding carboxylic acids is 2. The lowest BCUT2D eigenvalue weighted by Gasteiger charge is -2.15. The normalized spacial score (nSPS) is 11.0. The van der Waals surface area contributed by atoms with E-state index in [4.69, 9.17) is 10.5 Å². The summed E-state index contributed by atoms with van der Waals surface area (Å²) in [6.45, 7) is 1.67. The van der Waals surface area contributed by atoms with Crippen LogP contribution in [-0.2, 0) is 20.7 Å². The molecule has 2 aromatic carbocycles. The van der Waals surface area contributed by atoms with E-state index in [9.17, 15) is 9.59 Å². The fourth-order valence-electron chi connectivity index (χ4n) is 2.25. The van der Waals surface area contributed by atoms with Crippen molar-refractivity contribution in [2.24, 2.45) is 5.73 Å². The van der Waals surface area contributed by atoms with Crippen LogP contribution in [0.1, 0.15) is 11.1 Å². The number of hydrogen-bond acceptors (Lipinski definition) is 5. The molecule has 0 heterocycles. The van der Waals surface area contributed by atoms with Crippen molar-refractivity contribution >= 4 is 30.0 Å². The summed E-state index contributed by atoms with van der Waals surface area (Å²) in [6, 6.07) is 14.1. The second kappa shape index (κ2) is 10.4. The lowest BCUT2D eigenvalue weighted by Crippen LogP contribution is -2.37. The second-order valence-corrected chi connectivity index (χ2v) is 5.63. The Hall–Kier alpha value is -2.57. The van der Waals surface area contributed by atoms with E-state index in [-0.39, 0.29) is 24.9 Å². The van der Waals surface area contributed by atoms with Crippen LogP contribution in [0.5, 0.6) is 5.75 Å². The molecule has 0 aliphatic carbocycles. The number of esters is 1. The molecule has 0 spiro atoms. The maximum absolute atomic E-state index is 12.3. The van der Waals surface area contributed by atoms with Crippen molar-refractivity contribution in [3.05, 3.63) is 59.7 Å². The van der Waals surface area contributed by atoms with Crippen molar-refractivity contribution in [3.8, 4) is 5.75 Å². The molecule has 140 valence electrons. The number of benzene rings is 2. The van der Waals surface area contributed by atoms with Gasteiger partial charge in [0.2, 0.25) is 5.91 Å². The van der Waals surface area contributed by atoms with E-state index in [1.54, 1.807) is 18.2 Å². The molecule has 0 bridgehead atoms. The van der Waals surface area contributed by atoms with Crippen molar-refractivity contribution in [1.82, 2.24) is 0 Å². The molecule has 0 saturated heterocycles. The molecule has 0 aliphatic rings. The van der Waals surface area contributed by atoms with E-state index in [0.717, 1.165) is 11.1 Å². The minimum Gasteiger partial charge on any atom is -0.482 e. The molecule has 0 fully saturated rings. The molecular weight excluding hydrogens is 356 g/mol. The number of nitrogens with two attached hydrogens (primary N) is 1. The first-order chi connectivity index (χ1) is 12.0. The summed E-state index contributed by atoms with van der Waals surface area (Å²) in [5.41, 5.74) is 8.45. The molecule has 26 heavy (non-hydrogen) atoms. The van der Waals surface area contributed by atoms with Crippen LogP contribution in [0.25, 0.3) is 0 Å². The standard InChI is InChI=1S/C19H22N2O4.ClH/c1-13-10-15(25-12-18(22)24-2)8-9-17(13)21-19(23)16(20)11-14-6-4-3-5-7-14;/h3-10,16H,11-12,20H2,1-2H3,(H,21,23);1H/t16-;/m0./s1. The molecule has 0 radical (unpaired) electrons. The maximum atomic E-state index is 12.3. The van der Waals surface area contributed by atoms with Gasteiger partial charge in [0.1, 0.15) is 5.75 Å². The summed E-state index contributed by atoms with van der Waals surface area (Å²) in [5, 5.41) is 2.82. The number of hydrogen-bond donors (Lipinski definition) is 2. The van der Waals surface area contributed by atoms with Gasteiger partial charge in [-0.1, -0.05) is 30.3 Å². The Morgan fingerprint density at radius 1 is 1.15 bits per heavy atom. The summed E-state index contributed by atoms with van der Waals surface area (Å²) in [6.07, 6.45) is 0.464. The van der Waals surface area contributed by atoms with Crippen LogP contribution >= 0.6 is 12.4 Å². The fraction of sp³-hybridized carbons (Fsp3) is 0.263. The van der Waals surface area contributed by atoms with Crippen molar-refractivity contribution < 1.29 is 19.1 Å². The Morgan fingerprint density at radius 3 is 2.46 bits per heavy atom. The third-order valence-electron chi connectivity index (χ3n) is 3.68. The summed E-state index contributed by atoms with van der Waals surface area (Å²) >= 11 is 0. The molecule has 7 heteroatoms. The predicted octanol–water partition coefficient (Wildman–Crippen LogP) is 2.48. The first-order valence-corrected chi connectivity index (χ1v) is 7.90. The van der Waals surface area contributed by atoms with E-state index in [1.807, 2.05) is 37.3 Å². The van der Waals surface area contributed by atoms with Gasteiger partial charge in [-0.2, -0.15) is 0 Å². The van der Waals surface area contributed by atoms with E-state index < -0.39 is 12.0 Å². The van der Waals surface area contributed by atoms with Crippen molar-refractivity contribution in [3.63, 3.8) is 0 Å².